The third-order valence-corrected chi connectivity index (χ3v) is 3.62. The van der Waals surface area contributed by atoms with Gasteiger partial charge >= 0.3 is 0 Å². The standard InChI is InChI=1S/C16H23N7O/c1-11(23(4)10-13(24)22(2)3)14-19-15(17)21-16(20-14)18-12-8-6-5-7-9-12/h5-9,11H,10H2,1-4H3,(H3,17,18,19,20,21)/t11-/m1/s1. The van der Waals surface area contributed by atoms with Gasteiger partial charge < -0.3 is 16.0 Å². The average molecular weight is 329 g/mol. The van der Waals surface area contributed by atoms with Gasteiger partial charge in [-0.2, -0.15) is 15.0 Å². The van der Waals surface area contributed by atoms with Gasteiger partial charge in [0.1, 0.15) is 0 Å². The number of nitrogens with two attached hydrogens (primary N) is 1. The summed E-state index contributed by atoms with van der Waals surface area (Å²) in [5, 5.41) is 3.10. The summed E-state index contributed by atoms with van der Waals surface area (Å²) < 4.78 is 0. The number of nitrogens with one attached hydrogen (secondary N) is 1. The van der Waals surface area contributed by atoms with Crippen molar-refractivity contribution in [3.8, 4) is 0 Å². The van der Waals surface area contributed by atoms with Gasteiger partial charge in [-0.25, -0.2) is 0 Å². The fourth-order valence-electron chi connectivity index (χ4n) is 1.99. The van der Waals surface area contributed by atoms with Crippen LogP contribution in [0.3, 0.4) is 0 Å². The lowest BCUT2D eigenvalue weighted by Gasteiger charge is -2.24. The Morgan fingerprint density at radius 3 is 2.46 bits per heavy atom. The SMILES string of the molecule is C[C@H](c1nc(N)nc(Nc2ccccc2)n1)N(C)CC(=O)N(C)C. The lowest BCUT2D eigenvalue weighted by molar-refractivity contribution is -0.130. The van der Waals surface area contributed by atoms with Crippen LogP contribution in [0.2, 0.25) is 0 Å². The van der Waals surface area contributed by atoms with E-state index in [1.54, 1.807) is 19.0 Å². The van der Waals surface area contributed by atoms with Crippen molar-refractivity contribution in [1.29, 1.82) is 0 Å². The number of anilines is 3. The molecule has 0 aliphatic carbocycles. The predicted molar refractivity (Wildman–Crippen MR) is 93.7 cm³/mol. The molecule has 8 nitrogen and oxygen atoms in total. The van der Waals surface area contributed by atoms with E-state index >= 15 is 0 Å². The molecule has 3 N–H and O–H groups in total. The van der Waals surface area contributed by atoms with Crippen molar-refractivity contribution >= 4 is 23.5 Å². The van der Waals surface area contributed by atoms with Gasteiger partial charge in [0, 0.05) is 19.8 Å². The third-order valence-electron chi connectivity index (χ3n) is 3.62. The molecule has 8 heteroatoms. The molecule has 0 spiro atoms. The van der Waals surface area contributed by atoms with E-state index < -0.39 is 0 Å². The quantitative estimate of drug-likeness (QED) is 0.823. The van der Waals surface area contributed by atoms with Crippen LogP contribution in [0.4, 0.5) is 17.6 Å². The normalized spacial score (nSPS) is 12.0. The van der Waals surface area contributed by atoms with Crippen molar-refractivity contribution < 1.29 is 4.79 Å². The second kappa shape index (κ2) is 7.69. The molecule has 0 saturated carbocycles. The van der Waals surface area contributed by atoms with E-state index in [0.717, 1.165) is 5.69 Å². The zero-order valence-electron chi connectivity index (χ0n) is 14.4. The number of benzene rings is 1. The van der Waals surface area contributed by atoms with Crippen LogP contribution in [-0.4, -0.2) is 58.3 Å². The number of nitrogen functional groups attached to an aromatic ring is 1. The maximum Gasteiger partial charge on any atom is 0.236 e. The molecule has 0 aliphatic heterocycles. The highest BCUT2D eigenvalue weighted by Crippen LogP contribution is 2.18. The first-order valence-corrected chi connectivity index (χ1v) is 7.60. The highest BCUT2D eigenvalue weighted by molar-refractivity contribution is 5.77. The molecule has 0 unspecified atom stereocenters. The van der Waals surface area contributed by atoms with Crippen molar-refractivity contribution in [3.63, 3.8) is 0 Å². The fraction of sp³-hybridized carbons (Fsp3) is 0.375. The van der Waals surface area contributed by atoms with Crippen LogP contribution in [-0.2, 0) is 4.79 Å². The third kappa shape index (κ3) is 4.63. The number of hydrogen-bond donors (Lipinski definition) is 2. The zero-order valence-corrected chi connectivity index (χ0v) is 14.4. The molecule has 0 radical (unpaired) electrons. The van der Waals surface area contributed by atoms with Gasteiger partial charge in [-0.1, -0.05) is 18.2 Å². The topological polar surface area (TPSA) is 100 Å². The van der Waals surface area contributed by atoms with Crippen LogP contribution < -0.4 is 11.1 Å². The molecule has 0 fully saturated rings. The molecule has 0 saturated heterocycles. The average Bonchev–Trinajstić information content (AvgIpc) is 2.54. The van der Waals surface area contributed by atoms with Gasteiger partial charge in [-0.05, 0) is 26.1 Å². The van der Waals surface area contributed by atoms with E-state index in [0.29, 0.717) is 11.8 Å². The maximum atomic E-state index is 11.9. The van der Waals surface area contributed by atoms with Gasteiger partial charge in [0.2, 0.25) is 17.8 Å². The molecule has 1 amide bonds. The van der Waals surface area contributed by atoms with Crippen LogP contribution in [0.5, 0.6) is 0 Å². The first kappa shape index (κ1) is 17.6. The van der Waals surface area contributed by atoms with Gasteiger partial charge in [-0.15, -0.1) is 0 Å². The Balaban J connectivity index is 2.16. The van der Waals surface area contributed by atoms with E-state index in [2.05, 4.69) is 20.3 Å². The van der Waals surface area contributed by atoms with E-state index in [1.165, 1.54) is 0 Å². The number of aromatic nitrogens is 3. The molecule has 1 heterocycles. The van der Waals surface area contributed by atoms with Gasteiger partial charge in [-0.3, -0.25) is 9.69 Å². The van der Waals surface area contributed by atoms with Crippen molar-refractivity contribution in [3.05, 3.63) is 36.2 Å². The first-order chi connectivity index (χ1) is 11.4. The Morgan fingerprint density at radius 1 is 1.17 bits per heavy atom. The largest absolute Gasteiger partial charge is 0.368 e. The molecule has 0 aliphatic rings. The summed E-state index contributed by atoms with van der Waals surface area (Å²) in [4.78, 5) is 28.0. The number of hydrogen-bond acceptors (Lipinski definition) is 7. The van der Waals surface area contributed by atoms with Crippen LogP contribution in [0.1, 0.15) is 18.8 Å². The highest BCUT2D eigenvalue weighted by atomic mass is 16.2. The molecular weight excluding hydrogens is 306 g/mol. The van der Waals surface area contributed by atoms with Crippen molar-refractivity contribution in [2.75, 3.05) is 38.7 Å². The van der Waals surface area contributed by atoms with Crippen LogP contribution in [0.15, 0.2) is 30.3 Å². The summed E-state index contributed by atoms with van der Waals surface area (Å²) in [5.41, 5.74) is 6.66. The molecule has 0 bridgehead atoms. The maximum absolute atomic E-state index is 11.9. The molecular formula is C16H23N7O. The lowest BCUT2D eigenvalue weighted by atomic mass is 10.2. The van der Waals surface area contributed by atoms with E-state index in [-0.39, 0.29) is 24.4 Å². The first-order valence-electron chi connectivity index (χ1n) is 7.60. The van der Waals surface area contributed by atoms with Crippen LogP contribution >= 0.6 is 0 Å². The van der Waals surface area contributed by atoms with E-state index in [9.17, 15) is 4.79 Å². The number of likely N-dealkylation sites (N-methyl/N-ethyl adjacent to an activating group) is 2. The number of carbonyl (C=O) groups is 1. The van der Waals surface area contributed by atoms with Crippen molar-refractivity contribution in [1.82, 2.24) is 24.8 Å². The Morgan fingerprint density at radius 2 is 1.83 bits per heavy atom. The molecule has 1 aromatic carbocycles. The summed E-state index contributed by atoms with van der Waals surface area (Å²) in [7, 11) is 5.30. The van der Waals surface area contributed by atoms with Gasteiger partial charge in [0.05, 0.1) is 12.6 Å². The van der Waals surface area contributed by atoms with Gasteiger partial charge in [0.25, 0.3) is 0 Å². The smallest absolute Gasteiger partial charge is 0.236 e. The van der Waals surface area contributed by atoms with Crippen molar-refractivity contribution in [2.45, 2.75) is 13.0 Å². The predicted octanol–water partition coefficient (Wildman–Crippen LogP) is 1.28. The molecule has 2 aromatic rings. The molecule has 128 valence electrons. The Bertz CT molecular complexity index is 690. The number of nitrogens with zero attached hydrogens (tertiary/aromatic N) is 5. The van der Waals surface area contributed by atoms with Crippen LogP contribution in [0.25, 0.3) is 0 Å². The van der Waals surface area contributed by atoms with Crippen molar-refractivity contribution in [2.24, 2.45) is 0 Å². The monoisotopic (exact) mass is 329 g/mol. The molecule has 1 atom stereocenters. The number of amides is 1. The Kier molecular flexibility index (Phi) is 5.64. The Hall–Kier alpha value is -2.74. The second-order valence-electron chi connectivity index (χ2n) is 5.75. The summed E-state index contributed by atoms with van der Waals surface area (Å²) in [6.07, 6.45) is 0. The van der Waals surface area contributed by atoms with Crippen LogP contribution in [0, 0.1) is 0 Å². The summed E-state index contributed by atoms with van der Waals surface area (Å²) in [5.74, 6) is 1.03. The minimum absolute atomic E-state index is 0.00834. The minimum Gasteiger partial charge on any atom is -0.368 e. The zero-order chi connectivity index (χ0) is 17.7. The summed E-state index contributed by atoms with van der Waals surface area (Å²) in [6, 6.07) is 9.39. The molecule has 1 aromatic heterocycles. The Labute approximate surface area is 141 Å². The number of rotatable bonds is 6. The number of para-hydroxylation sites is 1. The molecule has 24 heavy (non-hydrogen) atoms. The summed E-state index contributed by atoms with van der Waals surface area (Å²) in [6.45, 7) is 2.19. The van der Waals surface area contributed by atoms with Gasteiger partial charge in [0.15, 0.2) is 5.82 Å². The summed E-state index contributed by atoms with van der Waals surface area (Å²) >= 11 is 0. The minimum atomic E-state index is -0.185. The molecule has 2 rings (SSSR count). The van der Waals surface area contributed by atoms with E-state index in [1.807, 2.05) is 49.2 Å². The lowest BCUT2D eigenvalue weighted by Crippen LogP contribution is -2.36. The van der Waals surface area contributed by atoms with E-state index in [4.69, 9.17) is 5.73 Å². The number of carbonyl (C=O) groups excluding carboxylic acids is 1. The second-order valence-corrected chi connectivity index (χ2v) is 5.75. The fourth-order valence-corrected chi connectivity index (χ4v) is 1.99. The highest BCUT2D eigenvalue weighted by Gasteiger charge is 2.19.